The van der Waals surface area contributed by atoms with Crippen LogP contribution in [-0.4, -0.2) is 49.7 Å². The van der Waals surface area contributed by atoms with Gasteiger partial charge >= 0.3 is 0 Å². The Morgan fingerprint density at radius 2 is 1.59 bits per heavy atom. The highest BCUT2D eigenvalue weighted by molar-refractivity contribution is 7.89. The molecule has 1 amide bonds. The van der Waals surface area contributed by atoms with E-state index in [0.717, 1.165) is 50.0 Å². The number of sulfonamides is 1. The average molecular weight is 456 g/mol. The van der Waals surface area contributed by atoms with Crippen molar-refractivity contribution in [2.45, 2.75) is 57.0 Å². The topological polar surface area (TPSA) is 69.7 Å². The summed E-state index contributed by atoms with van der Waals surface area (Å²) in [7, 11) is -3.57. The minimum absolute atomic E-state index is 0.197. The summed E-state index contributed by atoms with van der Waals surface area (Å²) in [6.07, 6.45) is 5.36. The van der Waals surface area contributed by atoms with E-state index in [0.29, 0.717) is 25.2 Å². The molecule has 0 atom stereocenters. The van der Waals surface area contributed by atoms with Crippen LogP contribution in [0.2, 0.25) is 0 Å². The Morgan fingerprint density at radius 3 is 2.34 bits per heavy atom. The summed E-state index contributed by atoms with van der Waals surface area (Å²) in [5.74, 6) is -0.247. The molecule has 2 saturated heterocycles. The maximum Gasteiger partial charge on any atom is 0.251 e. The average Bonchev–Trinajstić information content (AvgIpc) is 3.31. The number of carbonyl (C=O) groups excluding carboxylic acids is 1. The van der Waals surface area contributed by atoms with Gasteiger partial charge in [-0.05, 0) is 74.5 Å². The lowest BCUT2D eigenvalue weighted by Crippen LogP contribution is -2.35. The lowest BCUT2D eigenvalue weighted by molar-refractivity contribution is 0.0950. The smallest absolute Gasteiger partial charge is 0.251 e. The fraction of sp³-hybridized carbons (Fsp3) is 0.480. The summed E-state index contributed by atoms with van der Waals surface area (Å²) in [4.78, 5) is 15.6. The van der Waals surface area contributed by atoms with E-state index in [4.69, 9.17) is 0 Å². The third-order valence-corrected chi connectivity index (χ3v) is 8.35. The molecule has 172 valence electrons. The number of hydrogen-bond acceptors (Lipinski definition) is 4. The Balaban J connectivity index is 1.44. The van der Waals surface area contributed by atoms with Crippen molar-refractivity contribution in [3.05, 3.63) is 64.7 Å². The number of benzene rings is 2. The second kappa shape index (κ2) is 10.1. The standard InChI is InChI=1S/C25H33N3O3S/c1-20-10-11-23(32(30,31)28-14-3-2-4-15-28)17-24(20)25(29)26-18-21-8-7-9-22(16-21)19-27-12-5-6-13-27/h7-11,16-17H,2-6,12-15,18-19H2,1H3,(H,26,29). The molecule has 0 unspecified atom stereocenters. The molecule has 0 radical (unpaired) electrons. The van der Waals surface area contributed by atoms with E-state index >= 15 is 0 Å². The molecule has 0 bridgehead atoms. The van der Waals surface area contributed by atoms with E-state index in [9.17, 15) is 13.2 Å². The van der Waals surface area contributed by atoms with Crippen LogP contribution in [0.25, 0.3) is 0 Å². The van der Waals surface area contributed by atoms with Gasteiger partial charge in [0, 0.05) is 31.7 Å². The first-order valence-corrected chi connectivity index (χ1v) is 13.1. The molecule has 2 aromatic carbocycles. The van der Waals surface area contributed by atoms with Gasteiger partial charge < -0.3 is 5.32 Å². The molecule has 2 heterocycles. The van der Waals surface area contributed by atoms with Crippen molar-refractivity contribution in [3.63, 3.8) is 0 Å². The lowest BCUT2D eigenvalue weighted by Gasteiger charge is -2.26. The first-order valence-electron chi connectivity index (χ1n) is 11.6. The Bertz CT molecular complexity index is 1060. The summed E-state index contributed by atoms with van der Waals surface area (Å²) in [6, 6.07) is 13.2. The quantitative estimate of drug-likeness (QED) is 0.691. The minimum atomic E-state index is -3.57. The van der Waals surface area contributed by atoms with Gasteiger partial charge in [-0.15, -0.1) is 0 Å². The molecule has 0 aliphatic carbocycles. The highest BCUT2D eigenvalue weighted by atomic mass is 32.2. The van der Waals surface area contributed by atoms with Crippen LogP contribution in [0.3, 0.4) is 0 Å². The van der Waals surface area contributed by atoms with Crippen LogP contribution in [0.4, 0.5) is 0 Å². The number of piperidine rings is 1. The van der Waals surface area contributed by atoms with Gasteiger partial charge in [-0.1, -0.05) is 36.8 Å². The van der Waals surface area contributed by atoms with E-state index in [1.54, 1.807) is 12.1 Å². The van der Waals surface area contributed by atoms with Crippen LogP contribution < -0.4 is 5.32 Å². The van der Waals surface area contributed by atoms with E-state index in [-0.39, 0.29) is 10.8 Å². The summed E-state index contributed by atoms with van der Waals surface area (Å²) < 4.78 is 27.6. The molecular weight excluding hydrogens is 422 g/mol. The van der Waals surface area contributed by atoms with E-state index in [1.807, 2.05) is 19.1 Å². The molecule has 6 nitrogen and oxygen atoms in total. The van der Waals surface area contributed by atoms with Crippen LogP contribution in [0.5, 0.6) is 0 Å². The zero-order valence-electron chi connectivity index (χ0n) is 18.8. The van der Waals surface area contributed by atoms with E-state index in [2.05, 4.69) is 22.3 Å². The summed E-state index contributed by atoms with van der Waals surface area (Å²) >= 11 is 0. The largest absolute Gasteiger partial charge is 0.348 e. The molecule has 2 fully saturated rings. The van der Waals surface area contributed by atoms with Gasteiger partial charge in [-0.2, -0.15) is 4.31 Å². The minimum Gasteiger partial charge on any atom is -0.348 e. The van der Waals surface area contributed by atoms with Crippen LogP contribution in [0.1, 0.15) is 59.2 Å². The number of rotatable bonds is 7. The van der Waals surface area contributed by atoms with Crippen molar-refractivity contribution < 1.29 is 13.2 Å². The van der Waals surface area contributed by atoms with Crippen molar-refractivity contribution in [2.24, 2.45) is 0 Å². The number of hydrogen-bond donors (Lipinski definition) is 1. The molecule has 1 N–H and O–H groups in total. The predicted octanol–water partition coefficient (Wildman–Crippen LogP) is 3.70. The van der Waals surface area contributed by atoms with Gasteiger partial charge in [0.15, 0.2) is 0 Å². The molecule has 2 aliphatic rings. The Morgan fingerprint density at radius 1 is 0.906 bits per heavy atom. The Hall–Kier alpha value is -2.22. The molecule has 2 aromatic rings. The van der Waals surface area contributed by atoms with Crippen LogP contribution in [-0.2, 0) is 23.1 Å². The second-order valence-corrected chi connectivity index (χ2v) is 10.9. The van der Waals surface area contributed by atoms with E-state index in [1.165, 1.54) is 28.8 Å². The zero-order chi connectivity index (χ0) is 22.6. The van der Waals surface area contributed by atoms with E-state index < -0.39 is 10.0 Å². The summed E-state index contributed by atoms with van der Waals surface area (Å²) in [5.41, 5.74) is 3.48. The van der Waals surface area contributed by atoms with Gasteiger partial charge in [0.1, 0.15) is 0 Å². The Labute approximate surface area is 191 Å². The number of likely N-dealkylation sites (tertiary alicyclic amines) is 1. The Kier molecular flexibility index (Phi) is 7.28. The molecule has 0 spiro atoms. The fourth-order valence-electron chi connectivity index (χ4n) is 4.57. The second-order valence-electron chi connectivity index (χ2n) is 8.93. The van der Waals surface area contributed by atoms with Gasteiger partial charge in [0.05, 0.1) is 4.90 Å². The summed E-state index contributed by atoms with van der Waals surface area (Å²) in [5, 5.41) is 2.97. The molecule has 32 heavy (non-hydrogen) atoms. The zero-order valence-corrected chi connectivity index (χ0v) is 19.7. The first kappa shape index (κ1) is 23.0. The van der Waals surface area contributed by atoms with Crippen LogP contribution in [0.15, 0.2) is 47.4 Å². The number of amides is 1. The lowest BCUT2D eigenvalue weighted by atomic mass is 10.1. The van der Waals surface area contributed by atoms with Crippen molar-refractivity contribution >= 4 is 15.9 Å². The molecule has 7 heteroatoms. The number of nitrogens with zero attached hydrogens (tertiary/aromatic N) is 2. The number of aryl methyl sites for hydroxylation is 1. The van der Waals surface area contributed by atoms with Crippen molar-refractivity contribution in [1.29, 1.82) is 0 Å². The first-order chi connectivity index (χ1) is 15.4. The predicted molar refractivity (Wildman–Crippen MR) is 126 cm³/mol. The van der Waals surface area contributed by atoms with Crippen LogP contribution >= 0.6 is 0 Å². The van der Waals surface area contributed by atoms with Crippen molar-refractivity contribution in [1.82, 2.24) is 14.5 Å². The molecular formula is C25H33N3O3S. The third-order valence-electron chi connectivity index (χ3n) is 6.46. The van der Waals surface area contributed by atoms with Gasteiger partial charge in [0.25, 0.3) is 5.91 Å². The number of nitrogens with one attached hydrogen (secondary N) is 1. The van der Waals surface area contributed by atoms with Gasteiger partial charge in [0.2, 0.25) is 10.0 Å². The van der Waals surface area contributed by atoms with Crippen molar-refractivity contribution in [3.8, 4) is 0 Å². The maximum atomic E-state index is 13.0. The van der Waals surface area contributed by atoms with Gasteiger partial charge in [-0.25, -0.2) is 8.42 Å². The maximum absolute atomic E-state index is 13.0. The highest BCUT2D eigenvalue weighted by Crippen LogP contribution is 2.23. The normalized spacial score (nSPS) is 18.0. The molecule has 0 saturated carbocycles. The highest BCUT2D eigenvalue weighted by Gasteiger charge is 2.27. The van der Waals surface area contributed by atoms with Crippen LogP contribution in [0, 0.1) is 6.92 Å². The fourth-order valence-corrected chi connectivity index (χ4v) is 6.12. The number of carbonyl (C=O) groups is 1. The summed E-state index contributed by atoms with van der Waals surface area (Å²) in [6.45, 7) is 6.58. The third kappa shape index (κ3) is 5.39. The molecule has 2 aliphatic heterocycles. The monoisotopic (exact) mass is 455 g/mol. The molecule has 4 rings (SSSR count). The SMILES string of the molecule is Cc1ccc(S(=O)(=O)N2CCCCC2)cc1C(=O)NCc1cccc(CN2CCCC2)c1. The van der Waals surface area contributed by atoms with Gasteiger partial charge in [-0.3, -0.25) is 9.69 Å². The van der Waals surface area contributed by atoms with Crippen molar-refractivity contribution in [2.75, 3.05) is 26.2 Å². The molecule has 0 aromatic heterocycles.